The first kappa shape index (κ1) is 26.7. The lowest BCUT2D eigenvalue weighted by atomic mass is 10.1. The van der Waals surface area contributed by atoms with Crippen LogP contribution in [0.25, 0.3) is 21.7 Å². The van der Waals surface area contributed by atoms with E-state index in [1.165, 1.54) is 38.4 Å². The summed E-state index contributed by atoms with van der Waals surface area (Å²) in [6, 6.07) is 16.6. The lowest BCUT2D eigenvalue weighted by Crippen LogP contribution is -2.42. The number of carbonyl (C=O) groups is 1. The van der Waals surface area contributed by atoms with Crippen molar-refractivity contribution in [3.63, 3.8) is 0 Å². The van der Waals surface area contributed by atoms with Crippen LogP contribution in [0.15, 0.2) is 71.8 Å². The van der Waals surface area contributed by atoms with E-state index in [2.05, 4.69) is 15.0 Å². The molecule has 1 fully saturated rings. The molecule has 1 saturated heterocycles. The number of hydrogen-bond acceptors (Lipinski definition) is 5. The molecule has 37 heavy (non-hydrogen) atoms. The van der Waals surface area contributed by atoms with E-state index in [1.807, 2.05) is 55.4 Å². The summed E-state index contributed by atoms with van der Waals surface area (Å²) in [6.07, 6.45) is 5.95. The molecule has 0 unspecified atom stereocenters. The van der Waals surface area contributed by atoms with Crippen molar-refractivity contribution in [1.82, 2.24) is 15.0 Å². The van der Waals surface area contributed by atoms with E-state index < -0.39 is 22.0 Å². The largest absolute Gasteiger partial charge is 0.480 e. The lowest BCUT2D eigenvalue weighted by molar-refractivity contribution is -0.138. The molecule has 2 heterocycles. The Kier molecular flexibility index (Phi) is 8.48. The second-order valence-corrected chi connectivity index (χ2v) is 11.1. The van der Waals surface area contributed by atoms with Crippen molar-refractivity contribution in [2.24, 2.45) is 0 Å². The molecule has 1 atom stereocenters. The molecule has 8 nitrogen and oxygen atoms in total. The van der Waals surface area contributed by atoms with Crippen LogP contribution in [0.5, 0.6) is 0 Å². The highest BCUT2D eigenvalue weighted by Gasteiger charge is 2.28. The predicted octanol–water partition coefficient (Wildman–Crippen LogP) is 4.12. The van der Waals surface area contributed by atoms with Crippen molar-refractivity contribution in [1.29, 1.82) is 0 Å². The molecule has 0 radical (unpaired) electrons. The maximum atomic E-state index is 13.2. The molecular weight excluding hydrogens is 488 g/mol. The SMILES string of the molecule is C1CCNCC1.CN(C)c1cccc2c(S(=O)(=O)N[C@@H](Cc3c[nH]c4ccccc34)C(=O)O)cccc12. The van der Waals surface area contributed by atoms with Crippen molar-refractivity contribution in [2.75, 3.05) is 32.1 Å². The van der Waals surface area contributed by atoms with Crippen LogP contribution >= 0.6 is 0 Å². The van der Waals surface area contributed by atoms with Gasteiger partial charge in [0.1, 0.15) is 6.04 Å². The van der Waals surface area contributed by atoms with E-state index in [9.17, 15) is 18.3 Å². The Morgan fingerprint density at radius 2 is 1.62 bits per heavy atom. The number of anilines is 1. The fourth-order valence-electron chi connectivity index (χ4n) is 4.64. The Morgan fingerprint density at radius 1 is 0.946 bits per heavy atom. The average Bonchev–Trinajstić information content (AvgIpc) is 3.31. The summed E-state index contributed by atoms with van der Waals surface area (Å²) < 4.78 is 28.9. The van der Waals surface area contributed by atoms with Gasteiger partial charge in [-0.1, -0.05) is 48.9 Å². The van der Waals surface area contributed by atoms with E-state index in [1.54, 1.807) is 24.4 Å². The number of H-pyrrole nitrogens is 1. The molecule has 5 rings (SSSR count). The van der Waals surface area contributed by atoms with Gasteiger partial charge in [0.15, 0.2) is 0 Å². The summed E-state index contributed by atoms with van der Waals surface area (Å²) in [4.78, 5) is 17.0. The first-order valence-electron chi connectivity index (χ1n) is 12.5. The number of hydrogen-bond donors (Lipinski definition) is 4. The summed E-state index contributed by atoms with van der Waals surface area (Å²) in [5.74, 6) is -1.23. The molecule has 1 aliphatic rings. The van der Waals surface area contributed by atoms with Crippen LogP contribution in [0, 0.1) is 0 Å². The van der Waals surface area contributed by atoms with Crippen molar-refractivity contribution in [2.45, 2.75) is 36.6 Å². The van der Waals surface area contributed by atoms with E-state index >= 15 is 0 Å². The van der Waals surface area contributed by atoms with Crippen molar-refractivity contribution in [3.8, 4) is 0 Å². The van der Waals surface area contributed by atoms with Crippen LogP contribution in [-0.2, 0) is 21.2 Å². The number of nitrogens with one attached hydrogen (secondary N) is 3. The van der Waals surface area contributed by atoms with Crippen LogP contribution in [0.4, 0.5) is 5.69 Å². The Bertz CT molecular complexity index is 1460. The Balaban J connectivity index is 0.000000469. The molecule has 0 amide bonds. The minimum absolute atomic E-state index is 0.0201. The minimum atomic E-state index is -4.09. The number of benzene rings is 3. The molecule has 0 saturated carbocycles. The predicted molar refractivity (Wildman–Crippen MR) is 149 cm³/mol. The number of carboxylic acids is 1. The standard InChI is InChI=1S/C23H23N3O4S.C5H11N/c1-26(2)21-11-5-9-18-17(21)8-6-12-22(18)31(29,30)25-20(23(27)28)13-15-14-24-19-10-4-3-7-16(15)19;1-2-4-6-5-3-1/h3-12,14,20,24-25H,13H2,1-2H3,(H,27,28);6H,1-5H2/t20-;/m0./s1. The fraction of sp³-hybridized carbons (Fsp3) is 0.321. The molecule has 1 aromatic heterocycles. The monoisotopic (exact) mass is 522 g/mol. The van der Waals surface area contributed by atoms with Crippen LogP contribution < -0.4 is 14.9 Å². The quantitative estimate of drug-likeness (QED) is 0.290. The maximum absolute atomic E-state index is 13.2. The zero-order valence-corrected chi connectivity index (χ0v) is 22.0. The zero-order chi connectivity index (χ0) is 26.4. The molecule has 9 heteroatoms. The maximum Gasteiger partial charge on any atom is 0.322 e. The number of nitrogens with zero attached hydrogens (tertiary/aromatic N) is 1. The number of carboxylic acid groups (broad SMARTS) is 1. The molecule has 0 spiro atoms. The van der Waals surface area contributed by atoms with Crippen LogP contribution in [0.3, 0.4) is 0 Å². The normalized spacial score (nSPS) is 14.6. The lowest BCUT2D eigenvalue weighted by Gasteiger charge is -2.18. The van der Waals surface area contributed by atoms with Crippen molar-refractivity contribution >= 4 is 43.4 Å². The average molecular weight is 523 g/mol. The summed E-state index contributed by atoms with van der Waals surface area (Å²) in [6.45, 7) is 2.50. The van der Waals surface area contributed by atoms with Gasteiger partial charge in [0.2, 0.25) is 10.0 Å². The Morgan fingerprint density at radius 3 is 2.27 bits per heavy atom. The molecule has 0 aliphatic carbocycles. The number of aromatic amines is 1. The smallest absolute Gasteiger partial charge is 0.322 e. The van der Waals surface area contributed by atoms with E-state index in [-0.39, 0.29) is 11.3 Å². The van der Waals surface area contributed by atoms with Crippen molar-refractivity contribution in [3.05, 3.63) is 72.4 Å². The Hall–Kier alpha value is -3.40. The number of fused-ring (bicyclic) bond motifs is 2. The summed E-state index contributed by atoms with van der Waals surface area (Å²) in [5.41, 5.74) is 2.48. The molecular formula is C28H34N4O4S. The first-order valence-corrected chi connectivity index (χ1v) is 14.0. The van der Waals surface area contributed by atoms with Crippen LogP contribution in [-0.4, -0.2) is 57.7 Å². The van der Waals surface area contributed by atoms with Gasteiger partial charge in [-0.15, -0.1) is 0 Å². The van der Waals surface area contributed by atoms with E-state index in [4.69, 9.17) is 0 Å². The van der Waals surface area contributed by atoms with Gasteiger partial charge in [0.25, 0.3) is 0 Å². The Labute approximate surface area is 217 Å². The molecule has 3 aromatic carbocycles. The first-order chi connectivity index (χ1) is 17.8. The molecule has 0 bridgehead atoms. The topological polar surface area (TPSA) is 115 Å². The molecule has 4 N–H and O–H groups in total. The number of aromatic nitrogens is 1. The molecule has 1 aliphatic heterocycles. The fourth-order valence-corrected chi connectivity index (χ4v) is 6.05. The van der Waals surface area contributed by atoms with Gasteiger partial charge in [0, 0.05) is 54.1 Å². The molecule has 4 aromatic rings. The van der Waals surface area contributed by atoms with Crippen LogP contribution in [0.2, 0.25) is 0 Å². The third-order valence-corrected chi connectivity index (χ3v) is 8.06. The number of rotatable bonds is 7. The highest BCUT2D eigenvalue weighted by atomic mass is 32.2. The second-order valence-electron chi connectivity index (χ2n) is 9.41. The molecule has 196 valence electrons. The van der Waals surface area contributed by atoms with Gasteiger partial charge < -0.3 is 20.3 Å². The second kappa shape index (κ2) is 11.8. The summed E-state index contributed by atoms with van der Waals surface area (Å²) in [7, 11) is -0.320. The third-order valence-electron chi connectivity index (χ3n) is 6.53. The van der Waals surface area contributed by atoms with Gasteiger partial charge in [-0.3, -0.25) is 4.79 Å². The summed E-state index contributed by atoms with van der Waals surface area (Å²) in [5, 5.41) is 15.2. The number of sulfonamides is 1. The highest BCUT2D eigenvalue weighted by molar-refractivity contribution is 7.89. The van der Waals surface area contributed by atoms with Gasteiger partial charge >= 0.3 is 5.97 Å². The van der Waals surface area contributed by atoms with Gasteiger partial charge in [-0.05, 0) is 49.7 Å². The third kappa shape index (κ3) is 6.30. The van der Waals surface area contributed by atoms with Gasteiger partial charge in [0.05, 0.1) is 4.90 Å². The van der Waals surface area contributed by atoms with Crippen molar-refractivity contribution < 1.29 is 18.3 Å². The van der Waals surface area contributed by atoms with Gasteiger partial charge in [-0.25, -0.2) is 8.42 Å². The number of aliphatic carboxylic acids is 1. The van der Waals surface area contributed by atoms with E-state index in [0.717, 1.165) is 27.5 Å². The van der Waals surface area contributed by atoms with Gasteiger partial charge in [-0.2, -0.15) is 4.72 Å². The van der Waals surface area contributed by atoms with Crippen LogP contribution in [0.1, 0.15) is 24.8 Å². The summed E-state index contributed by atoms with van der Waals surface area (Å²) >= 11 is 0. The zero-order valence-electron chi connectivity index (χ0n) is 21.2. The van der Waals surface area contributed by atoms with E-state index in [0.29, 0.717) is 5.39 Å². The number of piperidine rings is 1. The minimum Gasteiger partial charge on any atom is -0.480 e. The number of para-hydroxylation sites is 1. The highest BCUT2D eigenvalue weighted by Crippen LogP contribution is 2.30.